The number of rotatable bonds is 7. The van der Waals surface area contributed by atoms with Crippen LogP contribution in [0.4, 0.5) is 0 Å². The van der Waals surface area contributed by atoms with Gasteiger partial charge in [-0.05, 0) is 35.9 Å². The predicted octanol–water partition coefficient (Wildman–Crippen LogP) is 13.7. The molecule has 0 atom stereocenters. The van der Waals surface area contributed by atoms with E-state index in [-0.39, 0.29) is 0 Å². The highest BCUT2D eigenvalue weighted by Crippen LogP contribution is 2.45. The molecule has 62 heavy (non-hydrogen) atoms. The first-order valence-electron chi connectivity index (χ1n) is 20.6. The molecule has 0 bridgehead atoms. The second-order valence-corrected chi connectivity index (χ2v) is 15.3. The Labute approximate surface area is 356 Å². The Morgan fingerprint density at radius 1 is 0.355 bits per heavy atom. The van der Waals surface area contributed by atoms with E-state index in [9.17, 15) is 0 Å². The number of hydrogen-bond acceptors (Lipinski definition) is 6. The molecule has 0 saturated carbocycles. The van der Waals surface area contributed by atoms with Gasteiger partial charge in [-0.1, -0.05) is 176 Å². The van der Waals surface area contributed by atoms with Crippen molar-refractivity contribution in [2.75, 3.05) is 0 Å². The van der Waals surface area contributed by atoms with Crippen LogP contribution in [0.3, 0.4) is 0 Å². The van der Waals surface area contributed by atoms with Crippen molar-refractivity contribution in [2.45, 2.75) is 0 Å². The molecular formula is C55H34N6O. The van der Waals surface area contributed by atoms with Gasteiger partial charge in [0, 0.05) is 49.5 Å². The molecule has 0 N–H and O–H groups in total. The SMILES string of the molecule is c1ccc(-c2cc(-c3cccc(-c4cc5c6ccccc6oc5c5c6ccccc6n(-c6nc(-c7ccccc7)nc(-c7ccccc7)n6)c45)c3)nc(-c3ccccc3)n2)cc1. The molecule has 7 heteroatoms. The summed E-state index contributed by atoms with van der Waals surface area (Å²) in [6.07, 6.45) is 0. The normalized spacial score (nSPS) is 11.5. The van der Waals surface area contributed by atoms with Crippen LogP contribution < -0.4 is 0 Å². The molecule has 12 aromatic rings. The third-order valence-electron chi connectivity index (χ3n) is 11.5. The molecule has 0 aliphatic carbocycles. The van der Waals surface area contributed by atoms with Gasteiger partial charge >= 0.3 is 0 Å². The van der Waals surface area contributed by atoms with E-state index in [1.807, 2.05) is 109 Å². The van der Waals surface area contributed by atoms with Crippen LogP contribution in [0, 0.1) is 0 Å². The summed E-state index contributed by atoms with van der Waals surface area (Å²) in [6, 6.07) is 70.3. The molecule has 4 heterocycles. The Morgan fingerprint density at radius 3 is 1.50 bits per heavy atom. The molecule has 0 fully saturated rings. The van der Waals surface area contributed by atoms with Gasteiger partial charge in [0.2, 0.25) is 5.95 Å². The molecule has 7 nitrogen and oxygen atoms in total. The summed E-state index contributed by atoms with van der Waals surface area (Å²) < 4.78 is 9.01. The summed E-state index contributed by atoms with van der Waals surface area (Å²) in [5.41, 5.74) is 11.9. The van der Waals surface area contributed by atoms with E-state index in [4.69, 9.17) is 29.3 Å². The Balaban J connectivity index is 1.16. The number of para-hydroxylation sites is 2. The molecule has 0 aliphatic heterocycles. The van der Waals surface area contributed by atoms with Crippen LogP contribution in [0.2, 0.25) is 0 Å². The van der Waals surface area contributed by atoms with Gasteiger partial charge < -0.3 is 4.42 Å². The van der Waals surface area contributed by atoms with Crippen molar-refractivity contribution in [3.63, 3.8) is 0 Å². The lowest BCUT2D eigenvalue weighted by Crippen LogP contribution is -2.07. The number of fused-ring (bicyclic) bond motifs is 7. The van der Waals surface area contributed by atoms with Crippen LogP contribution >= 0.6 is 0 Å². The summed E-state index contributed by atoms with van der Waals surface area (Å²) in [6.45, 7) is 0. The summed E-state index contributed by atoms with van der Waals surface area (Å²) >= 11 is 0. The zero-order chi connectivity index (χ0) is 41.0. The number of hydrogen-bond donors (Lipinski definition) is 0. The molecular weight excluding hydrogens is 761 g/mol. The molecule has 0 spiro atoms. The van der Waals surface area contributed by atoms with Crippen molar-refractivity contribution in [2.24, 2.45) is 0 Å². The topological polar surface area (TPSA) is 82.5 Å². The van der Waals surface area contributed by atoms with Crippen LogP contribution in [0.25, 0.3) is 117 Å². The molecule has 12 rings (SSSR count). The molecule has 0 radical (unpaired) electrons. The van der Waals surface area contributed by atoms with Gasteiger partial charge in [0.05, 0.1) is 27.8 Å². The first-order valence-corrected chi connectivity index (χ1v) is 20.6. The predicted molar refractivity (Wildman–Crippen MR) is 250 cm³/mol. The van der Waals surface area contributed by atoms with Gasteiger partial charge in [-0.3, -0.25) is 4.57 Å². The minimum Gasteiger partial charge on any atom is -0.455 e. The van der Waals surface area contributed by atoms with E-state index in [2.05, 4.69) is 102 Å². The van der Waals surface area contributed by atoms with Gasteiger partial charge in [0.15, 0.2) is 17.5 Å². The Morgan fingerprint density at radius 2 is 0.855 bits per heavy atom. The smallest absolute Gasteiger partial charge is 0.238 e. The third kappa shape index (κ3) is 6.02. The van der Waals surface area contributed by atoms with Crippen LogP contribution in [-0.2, 0) is 0 Å². The van der Waals surface area contributed by atoms with Gasteiger partial charge in [-0.15, -0.1) is 0 Å². The van der Waals surface area contributed by atoms with Crippen molar-refractivity contribution in [3.8, 4) is 73.8 Å². The van der Waals surface area contributed by atoms with E-state index >= 15 is 0 Å². The largest absolute Gasteiger partial charge is 0.455 e. The van der Waals surface area contributed by atoms with Crippen LogP contribution in [-0.4, -0.2) is 29.5 Å². The van der Waals surface area contributed by atoms with Gasteiger partial charge in [-0.25, -0.2) is 15.0 Å². The maximum Gasteiger partial charge on any atom is 0.238 e. The fraction of sp³-hybridized carbons (Fsp3) is 0. The van der Waals surface area contributed by atoms with E-state index < -0.39 is 0 Å². The van der Waals surface area contributed by atoms with Gasteiger partial charge in [0.1, 0.15) is 11.2 Å². The first-order chi connectivity index (χ1) is 30.7. The second-order valence-electron chi connectivity index (χ2n) is 15.3. The van der Waals surface area contributed by atoms with E-state index in [1.165, 1.54) is 0 Å². The summed E-state index contributed by atoms with van der Waals surface area (Å²) in [4.78, 5) is 25.8. The second kappa shape index (κ2) is 14.6. The van der Waals surface area contributed by atoms with Gasteiger partial charge in [-0.2, -0.15) is 9.97 Å². The Bertz CT molecular complexity index is 3510. The fourth-order valence-corrected chi connectivity index (χ4v) is 8.57. The van der Waals surface area contributed by atoms with Crippen LogP contribution in [0.1, 0.15) is 0 Å². The highest BCUT2D eigenvalue weighted by molar-refractivity contribution is 6.27. The molecule has 0 amide bonds. The third-order valence-corrected chi connectivity index (χ3v) is 11.5. The van der Waals surface area contributed by atoms with E-state index in [1.54, 1.807) is 0 Å². The highest BCUT2D eigenvalue weighted by atomic mass is 16.3. The summed E-state index contributed by atoms with van der Waals surface area (Å²) in [7, 11) is 0. The Hall–Kier alpha value is -8.55. The maximum absolute atomic E-state index is 6.82. The number of benzene rings is 8. The van der Waals surface area contributed by atoms with Gasteiger partial charge in [0.25, 0.3) is 0 Å². The lowest BCUT2D eigenvalue weighted by Gasteiger charge is -2.14. The van der Waals surface area contributed by atoms with Crippen molar-refractivity contribution >= 4 is 43.7 Å². The van der Waals surface area contributed by atoms with E-state index in [0.29, 0.717) is 23.4 Å². The quantitative estimate of drug-likeness (QED) is 0.160. The number of aromatic nitrogens is 6. The summed E-state index contributed by atoms with van der Waals surface area (Å²) in [5, 5.41) is 4.09. The minimum absolute atomic E-state index is 0.507. The first kappa shape index (κ1) is 35.4. The lowest BCUT2D eigenvalue weighted by atomic mass is 9.96. The standard InChI is InChI=1S/C55H34N6O/c1-5-18-35(19-6-1)45-34-46(57-52(56-45)36-20-7-2-8-21-36)40-27-17-26-39(32-40)43-33-44-41-28-14-16-31-48(41)62-51(44)49-42-29-13-15-30-47(42)61(50(43)49)55-59-53(37-22-9-3-10-23-37)58-54(60-55)38-24-11-4-12-25-38/h1-34H. The highest BCUT2D eigenvalue weighted by Gasteiger charge is 2.25. The average Bonchev–Trinajstić information content (AvgIpc) is 3.91. The lowest BCUT2D eigenvalue weighted by molar-refractivity contribution is 0.673. The van der Waals surface area contributed by atoms with Crippen molar-refractivity contribution in [3.05, 3.63) is 206 Å². The number of furan rings is 1. The van der Waals surface area contributed by atoms with Crippen molar-refractivity contribution in [1.29, 1.82) is 0 Å². The van der Waals surface area contributed by atoms with Crippen molar-refractivity contribution < 1.29 is 4.42 Å². The zero-order valence-corrected chi connectivity index (χ0v) is 33.2. The summed E-state index contributed by atoms with van der Waals surface area (Å²) in [5.74, 6) is 2.34. The monoisotopic (exact) mass is 794 g/mol. The molecule has 290 valence electrons. The molecule has 0 unspecified atom stereocenters. The molecule has 0 saturated heterocycles. The zero-order valence-electron chi connectivity index (χ0n) is 33.2. The van der Waals surface area contributed by atoms with Crippen LogP contribution in [0.15, 0.2) is 211 Å². The minimum atomic E-state index is 0.507. The molecule has 0 aliphatic rings. The number of nitrogens with zero attached hydrogens (tertiary/aromatic N) is 6. The molecule has 8 aromatic carbocycles. The van der Waals surface area contributed by atoms with Crippen molar-refractivity contribution in [1.82, 2.24) is 29.5 Å². The van der Waals surface area contributed by atoms with E-state index in [0.717, 1.165) is 94.1 Å². The molecule has 4 aromatic heterocycles. The Kier molecular flexibility index (Phi) is 8.35. The average molecular weight is 795 g/mol. The fourth-order valence-electron chi connectivity index (χ4n) is 8.57. The van der Waals surface area contributed by atoms with Crippen LogP contribution in [0.5, 0.6) is 0 Å². The maximum atomic E-state index is 6.82.